The van der Waals surface area contributed by atoms with Gasteiger partial charge in [0.05, 0.1) is 5.92 Å². The molecule has 1 aromatic rings. The summed E-state index contributed by atoms with van der Waals surface area (Å²) in [5, 5.41) is 0. The van der Waals surface area contributed by atoms with Gasteiger partial charge in [0.2, 0.25) is 0 Å². The first kappa shape index (κ1) is 25.3. The Morgan fingerprint density at radius 2 is 1.38 bits per heavy atom. The van der Waals surface area contributed by atoms with Crippen LogP contribution in [0.25, 0.3) is 0 Å². The lowest BCUT2D eigenvalue weighted by atomic mass is 9.68. The number of hydrogen-bond donors (Lipinski definition) is 0. The summed E-state index contributed by atoms with van der Waals surface area (Å²) in [5.41, 5.74) is 0. The minimum atomic E-state index is -9.71. The maximum Gasteiger partial charge on any atom is 0.314 e. The molecule has 0 radical (unpaired) electrons. The molecule has 0 aliphatic heterocycles. The molecule has 8 heteroatoms. The van der Waals surface area contributed by atoms with Crippen LogP contribution in [-0.2, 0) is 4.79 Å². The van der Waals surface area contributed by atoms with Crippen molar-refractivity contribution in [2.24, 2.45) is 23.7 Å². The van der Waals surface area contributed by atoms with Crippen LogP contribution in [0.1, 0.15) is 84.0 Å². The zero-order chi connectivity index (χ0) is 23.5. The highest BCUT2D eigenvalue weighted by atomic mass is 32.5. The molecule has 2 aliphatic rings. The molecular formula is C24H35F5O2S. The Kier molecular flexibility index (Phi) is 7.24. The summed E-state index contributed by atoms with van der Waals surface area (Å²) in [4.78, 5) is 10.5. The van der Waals surface area contributed by atoms with E-state index in [1.165, 1.54) is 51.4 Å². The number of hydrogen-bond acceptors (Lipinski definition) is 2. The third-order valence-electron chi connectivity index (χ3n) is 7.37. The molecule has 0 saturated heterocycles. The molecule has 0 bridgehead atoms. The Morgan fingerprint density at radius 1 is 0.844 bits per heavy atom. The monoisotopic (exact) mass is 482 g/mol. The maximum atomic E-state index is 12.8. The first-order valence-electron chi connectivity index (χ1n) is 11.9. The standard InChI is InChI=1S/C24H35F5O2S/c1-2-3-4-5-18-6-8-19(9-7-18)20-10-12-21(13-11-20)24(30)31-22-14-16-23(17-15-22)32(25,26,27,28)29/h14-21H,2-13H2,1H3/t18-,19-,20-,21-. The van der Waals surface area contributed by atoms with Gasteiger partial charge in [-0.15, -0.1) is 0 Å². The molecule has 32 heavy (non-hydrogen) atoms. The molecule has 0 spiro atoms. The van der Waals surface area contributed by atoms with Crippen molar-refractivity contribution in [3.63, 3.8) is 0 Å². The Labute approximate surface area is 188 Å². The lowest BCUT2D eigenvalue weighted by Crippen LogP contribution is -2.30. The van der Waals surface area contributed by atoms with Crippen molar-refractivity contribution in [1.29, 1.82) is 0 Å². The van der Waals surface area contributed by atoms with Gasteiger partial charge in [0.15, 0.2) is 0 Å². The molecule has 2 saturated carbocycles. The SMILES string of the molecule is CCCCC[C@H]1CC[C@H]([C@H]2CC[C@H](C(=O)Oc3ccc(S(F)(F)(F)(F)F)cc3)CC2)CC1. The zero-order valence-corrected chi connectivity index (χ0v) is 19.5. The molecule has 0 amide bonds. The zero-order valence-electron chi connectivity index (χ0n) is 18.7. The average Bonchev–Trinajstić information content (AvgIpc) is 2.73. The second kappa shape index (κ2) is 9.15. The van der Waals surface area contributed by atoms with Gasteiger partial charge in [-0.2, -0.15) is 0 Å². The van der Waals surface area contributed by atoms with Gasteiger partial charge in [-0.1, -0.05) is 64.9 Å². The number of carbonyl (C=O) groups is 1. The molecule has 0 unspecified atom stereocenters. The Bertz CT molecular complexity index is 762. The summed E-state index contributed by atoms with van der Waals surface area (Å²) < 4.78 is 69.2. The fourth-order valence-electron chi connectivity index (χ4n) is 5.42. The molecule has 0 heterocycles. The van der Waals surface area contributed by atoms with Crippen molar-refractivity contribution in [2.75, 3.05) is 0 Å². The number of benzene rings is 1. The van der Waals surface area contributed by atoms with Gasteiger partial charge in [-0.3, -0.25) is 4.79 Å². The topological polar surface area (TPSA) is 26.3 Å². The predicted molar refractivity (Wildman–Crippen MR) is 119 cm³/mol. The summed E-state index contributed by atoms with van der Waals surface area (Å²) in [6, 6.07) is 2.13. The van der Waals surface area contributed by atoms with Gasteiger partial charge in [0.1, 0.15) is 10.6 Å². The Hall–Kier alpha value is -1.31. The van der Waals surface area contributed by atoms with Crippen molar-refractivity contribution in [2.45, 2.75) is 88.9 Å². The van der Waals surface area contributed by atoms with Crippen molar-refractivity contribution in [3.05, 3.63) is 24.3 Å². The van der Waals surface area contributed by atoms with Crippen LogP contribution >= 0.6 is 10.2 Å². The first-order chi connectivity index (χ1) is 14.9. The Morgan fingerprint density at radius 3 is 1.88 bits per heavy atom. The van der Waals surface area contributed by atoms with Gasteiger partial charge in [0.25, 0.3) is 0 Å². The third-order valence-corrected chi connectivity index (χ3v) is 8.53. The van der Waals surface area contributed by atoms with E-state index in [4.69, 9.17) is 4.74 Å². The number of rotatable bonds is 8. The lowest BCUT2D eigenvalue weighted by Gasteiger charge is -2.40. The molecule has 2 nitrogen and oxygen atoms in total. The van der Waals surface area contributed by atoms with Crippen molar-refractivity contribution < 1.29 is 29.0 Å². The predicted octanol–water partition coefficient (Wildman–Crippen LogP) is 9.44. The molecule has 0 N–H and O–H groups in total. The van der Waals surface area contributed by atoms with Gasteiger partial charge in [0, 0.05) is 0 Å². The van der Waals surface area contributed by atoms with Gasteiger partial charge in [-0.25, -0.2) is 0 Å². The van der Waals surface area contributed by atoms with E-state index >= 15 is 0 Å². The maximum absolute atomic E-state index is 12.8. The van der Waals surface area contributed by atoms with Gasteiger partial charge >= 0.3 is 16.2 Å². The van der Waals surface area contributed by atoms with Crippen LogP contribution in [0.2, 0.25) is 0 Å². The number of halogens is 5. The average molecular weight is 483 g/mol. The van der Waals surface area contributed by atoms with Crippen LogP contribution < -0.4 is 4.74 Å². The second-order valence-corrected chi connectivity index (χ2v) is 12.2. The second-order valence-electron chi connectivity index (χ2n) is 9.75. The van der Waals surface area contributed by atoms with Crippen LogP contribution in [0.3, 0.4) is 0 Å². The largest absolute Gasteiger partial charge is 0.426 e. The minimum absolute atomic E-state index is 0.135. The Balaban J connectivity index is 1.43. The fraction of sp³-hybridized carbons (Fsp3) is 0.708. The molecule has 0 atom stereocenters. The summed E-state index contributed by atoms with van der Waals surface area (Å²) in [7, 11) is -9.71. The van der Waals surface area contributed by atoms with Crippen LogP contribution in [0.5, 0.6) is 5.75 Å². The smallest absolute Gasteiger partial charge is 0.314 e. The third kappa shape index (κ3) is 7.09. The summed E-state index contributed by atoms with van der Waals surface area (Å²) >= 11 is 0. The van der Waals surface area contributed by atoms with Crippen molar-refractivity contribution >= 4 is 16.2 Å². The summed E-state index contributed by atoms with van der Waals surface area (Å²) in [6.45, 7) is 2.23. The summed E-state index contributed by atoms with van der Waals surface area (Å²) in [6.07, 6.45) is 13.8. The molecule has 2 fully saturated rings. The van der Waals surface area contributed by atoms with Crippen molar-refractivity contribution in [3.8, 4) is 5.75 Å². The highest BCUT2D eigenvalue weighted by Gasteiger charge is 2.65. The van der Waals surface area contributed by atoms with E-state index in [0.29, 0.717) is 18.8 Å². The number of ether oxygens (including phenoxy) is 1. The van der Waals surface area contributed by atoms with E-state index in [-0.39, 0.29) is 23.8 Å². The molecule has 3 rings (SSSR count). The van der Waals surface area contributed by atoms with Gasteiger partial charge in [-0.05, 0) is 80.5 Å². The number of esters is 1. The summed E-state index contributed by atoms with van der Waals surface area (Å²) in [5.74, 6) is 1.33. The van der Waals surface area contributed by atoms with E-state index in [2.05, 4.69) is 6.92 Å². The van der Waals surface area contributed by atoms with Crippen LogP contribution in [0.4, 0.5) is 19.4 Å². The normalized spacial score (nSPS) is 29.1. The van der Waals surface area contributed by atoms with E-state index in [0.717, 1.165) is 36.8 Å². The van der Waals surface area contributed by atoms with Crippen LogP contribution in [0.15, 0.2) is 29.2 Å². The molecule has 1 aromatic carbocycles. The molecule has 0 aromatic heterocycles. The molecule has 2 aliphatic carbocycles. The number of unbranched alkanes of at least 4 members (excludes halogenated alkanes) is 2. The quantitative estimate of drug-likeness (QED) is 0.160. The number of carbonyl (C=O) groups excluding carboxylic acids is 1. The van der Waals surface area contributed by atoms with E-state index in [1.807, 2.05) is 0 Å². The minimum Gasteiger partial charge on any atom is -0.426 e. The van der Waals surface area contributed by atoms with E-state index in [9.17, 15) is 24.2 Å². The van der Waals surface area contributed by atoms with E-state index in [1.54, 1.807) is 0 Å². The van der Waals surface area contributed by atoms with Crippen molar-refractivity contribution in [1.82, 2.24) is 0 Å². The highest BCUT2D eigenvalue weighted by Crippen LogP contribution is 3.02. The first-order valence-corrected chi connectivity index (χ1v) is 13.9. The van der Waals surface area contributed by atoms with Crippen LogP contribution in [-0.4, -0.2) is 5.97 Å². The fourth-order valence-corrected chi connectivity index (χ4v) is 6.07. The van der Waals surface area contributed by atoms with Crippen LogP contribution in [0, 0.1) is 23.7 Å². The lowest BCUT2D eigenvalue weighted by molar-refractivity contribution is -0.140. The van der Waals surface area contributed by atoms with Gasteiger partial charge < -0.3 is 4.74 Å². The molecular weight excluding hydrogens is 447 g/mol. The highest BCUT2D eigenvalue weighted by molar-refractivity contribution is 8.45. The van der Waals surface area contributed by atoms with E-state index < -0.39 is 21.1 Å². The molecule has 184 valence electrons.